The van der Waals surface area contributed by atoms with E-state index >= 15 is 0 Å². The van der Waals surface area contributed by atoms with Gasteiger partial charge in [0.05, 0.1) is 0 Å². The predicted octanol–water partition coefficient (Wildman–Crippen LogP) is 1.65. The maximum absolute atomic E-state index is 13.7. The van der Waals surface area contributed by atoms with Gasteiger partial charge < -0.3 is 5.73 Å². The van der Waals surface area contributed by atoms with E-state index in [2.05, 4.69) is 13.2 Å². The molecule has 0 fully saturated rings. The van der Waals surface area contributed by atoms with Crippen molar-refractivity contribution in [3.05, 3.63) is 54.9 Å². The summed E-state index contributed by atoms with van der Waals surface area (Å²) in [7, 11) is -3.93. The zero-order valence-electron chi connectivity index (χ0n) is 10.5. The van der Waals surface area contributed by atoms with Crippen molar-refractivity contribution in [2.45, 2.75) is 11.4 Å². The molecule has 1 aromatic rings. The van der Waals surface area contributed by atoms with Gasteiger partial charge in [-0.1, -0.05) is 18.2 Å². The molecule has 19 heavy (non-hydrogen) atoms. The number of sulfonamides is 1. The van der Waals surface area contributed by atoms with Gasteiger partial charge >= 0.3 is 0 Å². The Hall–Kier alpha value is -1.50. The van der Waals surface area contributed by atoms with Crippen molar-refractivity contribution in [2.75, 3.05) is 13.1 Å². The van der Waals surface area contributed by atoms with Gasteiger partial charge in [0.25, 0.3) is 0 Å². The summed E-state index contributed by atoms with van der Waals surface area (Å²) < 4.78 is 39.5. The molecule has 0 radical (unpaired) electrons. The summed E-state index contributed by atoms with van der Waals surface area (Å²) in [5.74, 6) is -0.796. The second kappa shape index (κ2) is 6.60. The molecule has 0 bridgehead atoms. The highest BCUT2D eigenvalue weighted by Gasteiger charge is 2.26. The molecule has 2 N–H and O–H groups in total. The molecule has 0 aliphatic carbocycles. The van der Waals surface area contributed by atoms with Crippen LogP contribution < -0.4 is 5.73 Å². The fourth-order valence-corrected chi connectivity index (χ4v) is 3.07. The second-order valence-corrected chi connectivity index (χ2v) is 5.77. The molecule has 6 heteroatoms. The molecule has 0 amide bonds. The van der Waals surface area contributed by atoms with E-state index in [9.17, 15) is 12.8 Å². The van der Waals surface area contributed by atoms with Crippen LogP contribution in [0, 0.1) is 5.82 Å². The Bertz CT molecular complexity index is 560. The zero-order chi connectivity index (χ0) is 14.5. The summed E-state index contributed by atoms with van der Waals surface area (Å²) in [6.07, 6.45) is 2.87. The van der Waals surface area contributed by atoms with E-state index in [1.165, 1.54) is 24.3 Å². The van der Waals surface area contributed by atoms with E-state index in [0.29, 0.717) is 5.56 Å². The van der Waals surface area contributed by atoms with Gasteiger partial charge in [-0.25, -0.2) is 12.8 Å². The topological polar surface area (TPSA) is 63.4 Å². The van der Waals surface area contributed by atoms with Crippen LogP contribution in [-0.4, -0.2) is 25.8 Å². The number of nitrogens with zero attached hydrogens (tertiary/aromatic N) is 1. The van der Waals surface area contributed by atoms with Crippen LogP contribution in [0.2, 0.25) is 0 Å². The van der Waals surface area contributed by atoms with E-state index in [0.717, 1.165) is 10.4 Å². The molecule has 0 atom stereocenters. The fourth-order valence-electron chi connectivity index (χ4n) is 1.57. The second-order valence-electron chi connectivity index (χ2n) is 3.87. The highest BCUT2D eigenvalue weighted by atomic mass is 32.2. The van der Waals surface area contributed by atoms with Crippen LogP contribution in [0.3, 0.4) is 0 Å². The van der Waals surface area contributed by atoms with Crippen molar-refractivity contribution in [3.63, 3.8) is 0 Å². The van der Waals surface area contributed by atoms with Crippen molar-refractivity contribution in [1.82, 2.24) is 4.31 Å². The quantitative estimate of drug-likeness (QED) is 0.774. The molecule has 0 aromatic heterocycles. The van der Waals surface area contributed by atoms with E-state index in [1.807, 2.05) is 0 Å². The molecule has 1 aromatic carbocycles. The van der Waals surface area contributed by atoms with Crippen molar-refractivity contribution in [2.24, 2.45) is 5.73 Å². The Kier molecular flexibility index (Phi) is 5.41. The van der Waals surface area contributed by atoms with Crippen molar-refractivity contribution >= 4 is 10.0 Å². The molecular formula is C13H17FN2O2S. The Morgan fingerprint density at radius 2 is 1.84 bits per heavy atom. The normalized spacial score (nSPS) is 11.5. The highest BCUT2D eigenvalue weighted by molar-refractivity contribution is 7.89. The summed E-state index contributed by atoms with van der Waals surface area (Å²) in [6.45, 7) is 7.30. The maximum Gasteiger partial charge on any atom is 0.246 e. The summed E-state index contributed by atoms with van der Waals surface area (Å²) in [5, 5.41) is 0. The average Bonchev–Trinajstić information content (AvgIpc) is 2.39. The van der Waals surface area contributed by atoms with Crippen molar-refractivity contribution in [1.29, 1.82) is 0 Å². The number of benzene rings is 1. The molecule has 4 nitrogen and oxygen atoms in total. The number of hydrogen-bond acceptors (Lipinski definition) is 3. The van der Waals surface area contributed by atoms with Crippen LogP contribution in [0.5, 0.6) is 0 Å². The molecule has 1 rings (SSSR count). The monoisotopic (exact) mass is 284 g/mol. The standard InChI is InChI=1S/C13H17FN2O2S/c1-3-7-16(8-4-2)19(17,18)13-9-11(10-15)5-6-12(13)14/h3-6,9H,1-2,7-8,10,15H2. The van der Waals surface area contributed by atoms with Gasteiger partial charge in [-0.3, -0.25) is 0 Å². The minimum atomic E-state index is -3.93. The van der Waals surface area contributed by atoms with E-state index in [1.54, 1.807) is 0 Å². The summed E-state index contributed by atoms with van der Waals surface area (Å²) in [4.78, 5) is -0.376. The van der Waals surface area contributed by atoms with Crippen LogP contribution in [0.1, 0.15) is 5.56 Å². The maximum atomic E-state index is 13.7. The Labute approximate surface area is 113 Å². The van der Waals surface area contributed by atoms with Crippen LogP contribution in [-0.2, 0) is 16.6 Å². The first-order valence-corrected chi connectivity index (χ1v) is 7.11. The molecule has 0 saturated carbocycles. The molecular weight excluding hydrogens is 267 g/mol. The van der Waals surface area contributed by atoms with E-state index < -0.39 is 15.8 Å². The zero-order valence-corrected chi connectivity index (χ0v) is 11.4. The van der Waals surface area contributed by atoms with Gasteiger partial charge in [0, 0.05) is 19.6 Å². The van der Waals surface area contributed by atoms with Gasteiger partial charge in [0.15, 0.2) is 0 Å². The first-order chi connectivity index (χ1) is 8.97. The number of rotatable bonds is 7. The highest BCUT2D eigenvalue weighted by Crippen LogP contribution is 2.20. The van der Waals surface area contributed by atoms with E-state index in [-0.39, 0.29) is 24.5 Å². The lowest BCUT2D eigenvalue weighted by Crippen LogP contribution is -2.32. The Balaban J connectivity index is 3.31. The third-order valence-corrected chi connectivity index (χ3v) is 4.36. The van der Waals surface area contributed by atoms with Gasteiger partial charge in [-0.15, -0.1) is 13.2 Å². The van der Waals surface area contributed by atoms with Gasteiger partial charge in [-0.05, 0) is 17.7 Å². The first-order valence-electron chi connectivity index (χ1n) is 5.67. The summed E-state index contributed by atoms with van der Waals surface area (Å²) in [5.41, 5.74) is 6.00. The fraction of sp³-hybridized carbons (Fsp3) is 0.231. The minimum Gasteiger partial charge on any atom is -0.326 e. The van der Waals surface area contributed by atoms with Crippen LogP contribution in [0.25, 0.3) is 0 Å². The average molecular weight is 284 g/mol. The smallest absolute Gasteiger partial charge is 0.246 e. The SMILES string of the molecule is C=CCN(CC=C)S(=O)(=O)c1cc(CN)ccc1F. The summed E-state index contributed by atoms with van der Waals surface area (Å²) in [6, 6.07) is 3.82. The lowest BCUT2D eigenvalue weighted by atomic mass is 10.2. The van der Waals surface area contributed by atoms with Crippen molar-refractivity contribution < 1.29 is 12.8 Å². The molecule has 0 aliphatic rings. The third kappa shape index (κ3) is 3.50. The van der Waals surface area contributed by atoms with Crippen LogP contribution in [0.4, 0.5) is 4.39 Å². The molecule has 0 saturated heterocycles. The molecule has 104 valence electrons. The molecule has 0 unspecified atom stereocenters. The number of halogens is 1. The molecule has 0 aliphatic heterocycles. The van der Waals surface area contributed by atoms with Crippen molar-refractivity contribution in [3.8, 4) is 0 Å². The predicted molar refractivity (Wildman–Crippen MR) is 73.4 cm³/mol. The van der Waals surface area contributed by atoms with Gasteiger partial charge in [0.2, 0.25) is 10.0 Å². The first kappa shape index (κ1) is 15.6. The minimum absolute atomic E-state index is 0.0840. The van der Waals surface area contributed by atoms with Gasteiger partial charge in [-0.2, -0.15) is 4.31 Å². The van der Waals surface area contributed by atoms with Gasteiger partial charge in [0.1, 0.15) is 10.7 Å². The van der Waals surface area contributed by atoms with Crippen LogP contribution >= 0.6 is 0 Å². The largest absolute Gasteiger partial charge is 0.326 e. The lowest BCUT2D eigenvalue weighted by Gasteiger charge is -2.19. The van der Waals surface area contributed by atoms with Crippen LogP contribution in [0.15, 0.2) is 48.4 Å². The third-order valence-electron chi connectivity index (χ3n) is 2.51. The number of hydrogen-bond donors (Lipinski definition) is 1. The number of nitrogens with two attached hydrogens (primary N) is 1. The Morgan fingerprint density at radius 3 is 2.32 bits per heavy atom. The van der Waals surface area contributed by atoms with E-state index in [4.69, 9.17) is 5.73 Å². The summed E-state index contributed by atoms with van der Waals surface area (Å²) >= 11 is 0. The Morgan fingerprint density at radius 1 is 1.26 bits per heavy atom. The molecule has 0 heterocycles. The molecule has 0 spiro atoms. The lowest BCUT2D eigenvalue weighted by molar-refractivity contribution is 0.466.